The smallest absolute Gasteiger partial charge is 0.154 e. The van der Waals surface area contributed by atoms with E-state index in [0.717, 1.165) is 13.1 Å². The van der Waals surface area contributed by atoms with Crippen LogP contribution < -0.4 is 5.32 Å². The zero-order valence-electron chi connectivity index (χ0n) is 10.3. The SMILES string of the molecule is CCC(C)S(=O)(=O)CCNCCN(C)C. The van der Waals surface area contributed by atoms with Gasteiger partial charge >= 0.3 is 0 Å². The average Bonchev–Trinajstić information content (AvgIpc) is 2.15. The molecule has 0 aliphatic carbocycles. The van der Waals surface area contributed by atoms with Crippen LogP contribution in [0.4, 0.5) is 0 Å². The van der Waals surface area contributed by atoms with Crippen molar-refractivity contribution < 1.29 is 8.42 Å². The van der Waals surface area contributed by atoms with Gasteiger partial charge in [-0.3, -0.25) is 0 Å². The van der Waals surface area contributed by atoms with Crippen molar-refractivity contribution in [3.63, 3.8) is 0 Å². The summed E-state index contributed by atoms with van der Waals surface area (Å²) in [4.78, 5) is 2.07. The normalized spacial score (nSPS) is 14.5. The standard InChI is InChI=1S/C10H24N2O2S/c1-5-10(2)15(13,14)9-7-11-6-8-12(3)4/h10-11H,5-9H2,1-4H3. The van der Waals surface area contributed by atoms with Crippen molar-refractivity contribution in [3.8, 4) is 0 Å². The Labute approximate surface area is 94.0 Å². The Kier molecular flexibility index (Phi) is 7.13. The van der Waals surface area contributed by atoms with Gasteiger partial charge in [-0.1, -0.05) is 6.92 Å². The molecular formula is C10H24N2O2S. The number of sulfone groups is 1. The Hall–Kier alpha value is -0.130. The van der Waals surface area contributed by atoms with Crippen molar-refractivity contribution in [2.75, 3.05) is 39.5 Å². The first-order valence-corrected chi connectivity index (χ1v) is 7.18. The molecule has 0 aromatic heterocycles. The predicted octanol–water partition coefficient (Wildman–Crippen LogP) is 0.351. The molecule has 0 aromatic carbocycles. The molecule has 15 heavy (non-hydrogen) atoms. The van der Waals surface area contributed by atoms with Crippen LogP contribution in [-0.4, -0.2) is 58.1 Å². The van der Waals surface area contributed by atoms with Gasteiger partial charge in [0.05, 0.1) is 11.0 Å². The van der Waals surface area contributed by atoms with Gasteiger partial charge in [0.1, 0.15) is 0 Å². The fourth-order valence-electron chi connectivity index (χ4n) is 1.10. The number of hydrogen-bond donors (Lipinski definition) is 1. The molecule has 1 atom stereocenters. The third-order valence-electron chi connectivity index (χ3n) is 2.49. The number of nitrogens with zero attached hydrogens (tertiary/aromatic N) is 1. The lowest BCUT2D eigenvalue weighted by Crippen LogP contribution is -2.32. The first-order chi connectivity index (χ1) is 6.90. The molecule has 1 N–H and O–H groups in total. The minimum Gasteiger partial charge on any atom is -0.314 e. The summed E-state index contributed by atoms with van der Waals surface area (Å²) in [6.45, 7) is 6.00. The molecule has 0 spiro atoms. The summed E-state index contributed by atoms with van der Waals surface area (Å²) in [6, 6.07) is 0. The third kappa shape index (κ3) is 6.87. The molecule has 0 heterocycles. The second-order valence-electron chi connectivity index (χ2n) is 4.14. The Bertz CT molecular complexity index is 250. The molecule has 0 rings (SSSR count). The highest BCUT2D eigenvalue weighted by atomic mass is 32.2. The molecule has 5 heteroatoms. The second-order valence-corrected chi connectivity index (χ2v) is 6.68. The third-order valence-corrected chi connectivity index (χ3v) is 4.82. The minimum atomic E-state index is -2.89. The maximum Gasteiger partial charge on any atom is 0.154 e. The Morgan fingerprint density at radius 3 is 2.33 bits per heavy atom. The average molecular weight is 236 g/mol. The van der Waals surface area contributed by atoms with E-state index in [1.807, 2.05) is 21.0 Å². The molecule has 0 bridgehead atoms. The van der Waals surface area contributed by atoms with Crippen LogP contribution in [0.1, 0.15) is 20.3 Å². The predicted molar refractivity (Wildman–Crippen MR) is 65.0 cm³/mol. The lowest BCUT2D eigenvalue weighted by Gasteiger charge is -2.12. The van der Waals surface area contributed by atoms with E-state index in [1.165, 1.54) is 0 Å². The summed E-state index contributed by atoms with van der Waals surface area (Å²) in [5, 5.41) is 2.92. The summed E-state index contributed by atoms with van der Waals surface area (Å²) in [7, 11) is 1.11. The van der Waals surface area contributed by atoms with E-state index >= 15 is 0 Å². The van der Waals surface area contributed by atoms with E-state index in [1.54, 1.807) is 6.92 Å². The maximum atomic E-state index is 11.6. The van der Waals surface area contributed by atoms with Gasteiger partial charge in [-0.05, 0) is 27.4 Å². The molecule has 0 aromatic rings. The van der Waals surface area contributed by atoms with Crippen LogP contribution in [0.5, 0.6) is 0 Å². The van der Waals surface area contributed by atoms with Crippen molar-refractivity contribution >= 4 is 9.84 Å². The zero-order valence-corrected chi connectivity index (χ0v) is 11.1. The van der Waals surface area contributed by atoms with Gasteiger partial charge in [-0.15, -0.1) is 0 Å². The largest absolute Gasteiger partial charge is 0.314 e. The van der Waals surface area contributed by atoms with Crippen LogP contribution in [0.25, 0.3) is 0 Å². The minimum absolute atomic E-state index is 0.215. The maximum absolute atomic E-state index is 11.6. The van der Waals surface area contributed by atoms with Crippen molar-refractivity contribution in [2.45, 2.75) is 25.5 Å². The molecule has 0 aliphatic rings. The Balaban J connectivity index is 3.67. The van der Waals surface area contributed by atoms with Gasteiger partial charge in [-0.25, -0.2) is 8.42 Å². The van der Waals surface area contributed by atoms with Crippen molar-refractivity contribution in [2.24, 2.45) is 0 Å². The van der Waals surface area contributed by atoms with E-state index in [2.05, 4.69) is 10.2 Å². The summed E-state index contributed by atoms with van der Waals surface area (Å²) >= 11 is 0. The molecule has 0 fully saturated rings. The first-order valence-electron chi connectivity index (χ1n) is 5.47. The summed E-state index contributed by atoms with van der Waals surface area (Å²) in [5.74, 6) is 0.245. The number of nitrogens with one attached hydrogen (secondary N) is 1. The Morgan fingerprint density at radius 2 is 1.87 bits per heavy atom. The molecule has 4 nitrogen and oxygen atoms in total. The molecule has 0 saturated heterocycles. The molecule has 0 amide bonds. The van der Waals surface area contributed by atoms with Gasteiger partial charge in [-0.2, -0.15) is 0 Å². The zero-order chi connectivity index (χ0) is 11.9. The molecule has 1 unspecified atom stereocenters. The van der Waals surface area contributed by atoms with Crippen LogP contribution in [-0.2, 0) is 9.84 Å². The van der Waals surface area contributed by atoms with E-state index in [9.17, 15) is 8.42 Å². The van der Waals surface area contributed by atoms with Crippen LogP contribution in [0.3, 0.4) is 0 Å². The fraction of sp³-hybridized carbons (Fsp3) is 1.00. The highest BCUT2D eigenvalue weighted by Crippen LogP contribution is 2.04. The van der Waals surface area contributed by atoms with E-state index in [-0.39, 0.29) is 11.0 Å². The Morgan fingerprint density at radius 1 is 1.27 bits per heavy atom. The van der Waals surface area contributed by atoms with Crippen molar-refractivity contribution in [1.82, 2.24) is 10.2 Å². The van der Waals surface area contributed by atoms with Crippen molar-refractivity contribution in [3.05, 3.63) is 0 Å². The second kappa shape index (κ2) is 7.19. The van der Waals surface area contributed by atoms with Crippen LogP contribution in [0.2, 0.25) is 0 Å². The van der Waals surface area contributed by atoms with E-state index < -0.39 is 9.84 Å². The number of rotatable bonds is 8. The monoisotopic (exact) mass is 236 g/mol. The summed E-state index contributed by atoms with van der Waals surface area (Å²) in [6.07, 6.45) is 0.694. The van der Waals surface area contributed by atoms with Gasteiger partial charge in [0.2, 0.25) is 0 Å². The summed E-state index contributed by atoms with van der Waals surface area (Å²) in [5.41, 5.74) is 0. The summed E-state index contributed by atoms with van der Waals surface area (Å²) < 4.78 is 23.2. The highest BCUT2D eigenvalue weighted by Gasteiger charge is 2.17. The van der Waals surface area contributed by atoms with Crippen LogP contribution in [0.15, 0.2) is 0 Å². The molecular weight excluding hydrogens is 212 g/mol. The number of likely N-dealkylation sites (N-methyl/N-ethyl adjacent to an activating group) is 1. The van der Waals surface area contributed by atoms with Crippen LogP contribution >= 0.6 is 0 Å². The topological polar surface area (TPSA) is 49.4 Å². The van der Waals surface area contributed by atoms with Gasteiger partial charge in [0.15, 0.2) is 9.84 Å². The lowest BCUT2D eigenvalue weighted by atomic mass is 10.4. The van der Waals surface area contributed by atoms with Crippen molar-refractivity contribution in [1.29, 1.82) is 0 Å². The van der Waals surface area contributed by atoms with E-state index in [0.29, 0.717) is 13.0 Å². The van der Waals surface area contributed by atoms with E-state index in [4.69, 9.17) is 0 Å². The van der Waals surface area contributed by atoms with Crippen LogP contribution in [0, 0.1) is 0 Å². The molecule has 0 saturated carbocycles. The van der Waals surface area contributed by atoms with Gasteiger partial charge in [0, 0.05) is 19.6 Å². The van der Waals surface area contributed by atoms with Gasteiger partial charge < -0.3 is 10.2 Å². The molecule has 0 radical (unpaired) electrons. The molecule has 0 aliphatic heterocycles. The lowest BCUT2D eigenvalue weighted by molar-refractivity contribution is 0.402. The fourth-order valence-corrected chi connectivity index (χ4v) is 2.44. The highest BCUT2D eigenvalue weighted by molar-refractivity contribution is 7.92. The quantitative estimate of drug-likeness (QED) is 0.618. The van der Waals surface area contributed by atoms with Gasteiger partial charge in [0.25, 0.3) is 0 Å². The first kappa shape index (κ1) is 14.9. The molecule has 92 valence electrons. The number of hydrogen-bond acceptors (Lipinski definition) is 4.